The Morgan fingerprint density at radius 3 is 2.19 bits per heavy atom. The Bertz CT molecular complexity index is 1310. The molecule has 1 N–H and O–H groups in total. The second kappa shape index (κ2) is 11.7. The fourth-order valence-electron chi connectivity index (χ4n) is 3.38. The third kappa shape index (κ3) is 7.09. The van der Waals surface area contributed by atoms with Crippen LogP contribution in [0.3, 0.4) is 0 Å². The molecule has 2 aromatic carbocycles. The van der Waals surface area contributed by atoms with Gasteiger partial charge in [-0.15, -0.1) is 0 Å². The number of benzene rings is 2. The van der Waals surface area contributed by atoms with Crippen LogP contribution < -0.4 is 10.1 Å². The zero-order chi connectivity index (χ0) is 26.3. The van der Waals surface area contributed by atoms with Crippen LogP contribution in [0.1, 0.15) is 20.3 Å². The summed E-state index contributed by atoms with van der Waals surface area (Å²) >= 11 is 0. The number of esters is 1. The molecular weight excluding hydrogens is 482 g/mol. The van der Waals surface area contributed by atoms with E-state index in [2.05, 4.69) is 15.3 Å². The minimum atomic E-state index is -3.97. The monoisotopic (exact) mass is 511 g/mol. The number of rotatable bonds is 10. The molecular formula is C25H29N5O5S. The van der Waals surface area contributed by atoms with Gasteiger partial charge in [-0.1, -0.05) is 0 Å². The predicted molar refractivity (Wildman–Crippen MR) is 136 cm³/mol. The molecule has 0 aliphatic carbocycles. The van der Waals surface area contributed by atoms with E-state index in [0.717, 1.165) is 9.87 Å². The zero-order valence-corrected chi connectivity index (χ0v) is 21.4. The third-order valence-electron chi connectivity index (χ3n) is 5.08. The molecule has 1 aromatic heterocycles. The average molecular weight is 512 g/mol. The van der Waals surface area contributed by atoms with Gasteiger partial charge in [0, 0.05) is 37.8 Å². The lowest BCUT2D eigenvalue weighted by Crippen LogP contribution is -2.37. The van der Waals surface area contributed by atoms with Gasteiger partial charge in [-0.2, -0.15) is 0 Å². The minimum Gasteiger partial charge on any atom is -0.427 e. The van der Waals surface area contributed by atoms with Crippen LogP contribution in [0.25, 0.3) is 11.3 Å². The molecule has 0 aliphatic heterocycles. The Morgan fingerprint density at radius 2 is 1.61 bits per heavy atom. The van der Waals surface area contributed by atoms with Crippen LogP contribution in [0, 0.1) is 0 Å². The molecule has 0 saturated heterocycles. The lowest BCUT2D eigenvalue weighted by atomic mass is 10.1. The molecule has 3 aromatic rings. The summed E-state index contributed by atoms with van der Waals surface area (Å²) in [6.45, 7) is 3.36. The van der Waals surface area contributed by atoms with Gasteiger partial charge < -0.3 is 15.0 Å². The molecule has 0 spiro atoms. The summed E-state index contributed by atoms with van der Waals surface area (Å²) in [5.41, 5.74) is 2.03. The standard InChI is InChI=1S/C25H29N5O5S/c1-18(31)30(17-5-16-29(3)4)36(33,34)23-12-8-21(9-13-23)27-25-26-15-14-24(28-25)20-6-10-22(11-7-20)35-19(2)32/h6-15H,5,16-17H2,1-4H3,(H,26,27,28). The van der Waals surface area contributed by atoms with Crippen molar-refractivity contribution in [1.82, 2.24) is 19.2 Å². The van der Waals surface area contributed by atoms with Crippen LogP contribution in [-0.2, 0) is 19.6 Å². The maximum absolute atomic E-state index is 13.0. The number of aromatic nitrogens is 2. The van der Waals surface area contributed by atoms with Gasteiger partial charge >= 0.3 is 5.97 Å². The van der Waals surface area contributed by atoms with Crippen molar-refractivity contribution in [3.8, 4) is 17.0 Å². The zero-order valence-electron chi connectivity index (χ0n) is 20.6. The number of carbonyl (C=O) groups is 2. The second-order valence-corrected chi connectivity index (χ2v) is 10.1. The first-order valence-electron chi connectivity index (χ1n) is 11.2. The third-order valence-corrected chi connectivity index (χ3v) is 6.97. The molecule has 11 heteroatoms. The second-order valence-electron chi connectivity index (χ2n) is 8.29. The summed E-state index contributed by atoms with van der Waals surface area (Å²) < 4.78 is 32.0. The predicted octanol–water partition coefficient (Wildman–Crippen LogP) is 3.30. The molecule has 0 bridgehead atoms. The number of ether oxygens (including phenoxy) is 1. The number of hydrogen-bond donors (Lipinski definition) is 1. The van der Waals surface area contributed by atoms with E-state index in [1.54, 1.807) is 48.7 Å². The van der Waals surface area contributed by atoms with Crippen LogP contribution in [-0.4, -0.2) is 66.7 Å². The maximum Gasteiger partial charge on any atom is 0.308 e. The molecule has 0 fully saturated rings. The Labute approximate surface area is 211 Å². The topological polar surface area (TPSA) is 122 Å². The molecule has 0 saturated carbocycles. The van der Waals surface area contributed by atoms with Gasteiger partial charge in [0.25, 0.3) is 10.0 Å². The summed E-state index contributed by atoms with van der Waals surface area (Å²) in [4.78, 5) is 33.8. The van der Waals surface area contributed by atoms with Crippen LogP contribution in [0.5, 0.6) is 5.75 Å². The number of carbonyl (C=O) groups excluding carboxylic acids is 2. The molecule has 0 unspecified atom stereocenters. The number of hydrogen-bond acceptors (Lipinski definition) is 9. The molecule has 36 heavy (non-hydrogen) atoms. The molecule has 10 nitrogen and oxygen atoms in total. The average Bonchev–Trinajstić information content (AvgIpc) is 2.82. The van der Waals surface area contributed by atoms with Gasteiger partial charge in [0.05, 0.1) is 10.6 Å². The van der Waals surface area contributed by atoms with Crippen molar-refractivity contribution in [3.05, 3.63) is 60.8 Å². The smallest absolute Gasteiger partial charge is 0.308 e. The molecule has 1 heterocycles. The van der Waals surface area contributed by atoms with E-state index in [-0.39, 0.29) is 11.4 Å². The van der Waals surface area contributed by atoms with E-state index >= 15 is 0 Å². The summed E-state index contributed by atoms with van der Waals surface area (Å²) in [5, 5.41) is 3.06. The van der Waals surface area contributed by atoms with E-state index in [0.29, 0.717) is 36.0 Å². The van der Waals surface area contributed by atoms with E-state index < -0.39 is 21.9 Å². The van der Waals surface area contributed by atoms with Crippen LogP contribution in [0.2, 0.25) is 0 Å². The van der Waals surface area contributed by atoms with Gasteiger partial charge in [0.1, 0.15) is 5.75 Å². The van der Waals surface area contributed by atoms with Crippen molar-refractivity contribution in [2.45, 2.75) is 25.2 Å². The fourth-order valence-corrected chi connectivity index (χ4v) is 4.83. The number of nitrogens with zero attached hydrogens (tertiary/aromatic N) is 4. The molecule has 0 aliphatic rings. The molecule has 190 valence electrons. The van der Waals surface area contributed by atoms with Gasteiger partial charge in [-0.05, 0) is 81.7 Å². The number of amides is 1. The van der Waals surface area contributed by atoms with Crippen LogP contribution in [0.4, 0.5) is 11.6 Å². The SMILES string of the molecule is CC(=O)Oc1ccc(-c2ccnc(Nc3ccc(S(=O)(=O)N(CCCN(C)C)C(C)=O)cc3)n2)cc1. The van der Waals surface area contributed by atoms with E-state index in [1.807, 2.05) is 19.0 Å². The van der Waals surface area contributed by atoms with Gasteiger partial charge in [0.2, 0.25) is 11.9 Å². The first-order valence-corrected chi connectivity index (χ1v) is 12.7. The summed E-state index contributed by atoms with van der Waals surface area (Å²) in [5.74, 6) is -0.161. The Morgan fingerprint density at radius 1 is 0.944 bits per heavy atom. The molecule has 0 atom stereocenters. The van der Waals surface area contributed by atoms with Gasteiger partial charge in [-0.25, -0.2) is 22.7 Å². The van der Waals surface area contributed by atoms with Crippen molar-refractivity contribution < 1.29 is 22.7 Å². The lowest BCUT2D eigenvalue weighted by molar-refractivity contribution is -0.132. The summed E-state index contributed by atoms with van der Waals surface area (Å²) in [7, 11) is -0.191. The van der Waals surface area contributed by atoms with Crippen LogP contribution >= 0.6 is 0 Å². The van der Waals surface area contributed by atoms with Gasteiger partial charge in [0.15, 0.2) is 0 Å². The van der Waals surface area contributed by atoms with Crippen LogP contribution in [0.15, 0.2) is 65.7 Å². The quantitative estimate of drug-likeness (QED) is 0.323. The Kier molecular flexibility index (Phi) is 8.73. The van der Waals surface area contributed by atoms with Gasteiger partial charge in [-0.3, -0.25) is 9.59 Å². The van der Waals surface area contributed by atoms with E-state index in [9.17, 15) is 18.0 Å². The van der Waals surface area contributed by atoms with Crippen molar-refractivity contribution in [3.63, 3.8) is 0 Å². The van der Waals surface area contributed by atoms with Crippen molar-refractivity contribution in [2.24, 2.45) is 0 Å². The summed E-state index contributed by atoms with van der Waals surface area (Å²) in [6.07, 6.45) is 2.13. The highest BCUT2D eigenvalue weighted by Crippen LogP contribution is 2.24. The van der Waals surface area contributed by atoms with E-state index in [1.165, 1.54) is 26.0 Å². The molecule has 0 radical (unpaired) electrons. The minimum absolute atomic E-state index is 0.0237. The molecule has 3 rings (SSSR count). The highest BCUT2D eigenvalue weighted by Gasteiger charge is 2.26. The van der Waals surface area contributed by atoms with Crippen molar-refractivity contribution in [2.75, 3.05) is 32.5 Å². The molecule has 1 amide bonds. The first kappa shape index (κ1) is 26.8. The Hall–Kier alpha value is -3.83. The normalized spacial score (nSPS) is 11.2. The van der Waals surface area contributed by atoms with E-state index in [4.69, 9.17) is 4.74 Å². The summed E-state index contributed by atoms with van der Waals surface area (Å²) in [6, 6.07) is 14.7. The van der Waals surface area contributed by atoms with Crippen molar-refractivity contribution in [1.29, 1.82) is 0 Å². The first-order chi connectivity index (χ1) is 17.1. The highest BCUT2D eigenvalue weighted by atomic mass is 32.2. The number of nitrogens with one attached hydrogen (secondary N) is 1. The number of anilines is 2. The fraction of sp³-hybridized carbons (Fsp3) is 0.280. The largest absolute Gasteiger partial charge is 0.427 e. The lowest BCUT2D eigenvalue weighted by Gasteiger charge is -2.22. The highest BCUT2D eigenvalue weighted by molar-refractivity contribution is 7.89. The number of sulfonamides is 1. The van der Waals surface area contributed by atoms with Crippen molar-refractivity contribution >= 4 is 33.5 Å². The Balaban J connectivity index is 1.73. The maximum atomic E-state index is 13.0.